The zero-order chi connectivity index (χ0) is 18.4. The lowest BCUT2D eigenvalue weighted by atomic mass is 10.1. The number of hydrogen-bond acceptors (Lipinski definition) is 4. The molecule has 0 aliphatic heterocycles. The van der Waals surface area contributed by atoms with Gasteiger partial charge in [0, 0.05) is 11.4 Å². The van der Waals surface area contributed by atoms with Crippen LogP contribution in [0.3, 0.4) is 0 Å². The number of methoxy groups -OCH3 is 3. The number of benzene rings is 2. The molecule has 0 saturated heterocycles. The Kier molecular flexibility index (Phi) is 6.47. The van der Waals surface area contributed by atoms with Crippen LogP contribution in [-0.4, -0.2) is 27.2 Å². The van der Waals surface area contributed by atoms with E-state index in [1.807, 2.05) is 0 Å². The highest BCUT2D eigenvalue weighted by Crippen LogP contribution is 2.38. The zero-order valence-electron chi connectivity index (χ0n) is 14.2. The molecule has 0 unspecified atom stereocenters. The molecule has 5 nitrogen and oxygen atoms in total. The average molecular weight is 368 g/mol. The summed E-state index contributed by atoms with van der Waals surface area (Å²) in [5.74, 6) is 0.649. The Labute approximate surface area is 150 Å². The molecule has 0 spiro atoms. The average Bonchev–Trinajstić information content (AvgIpc) is 2.61. The Balaban J connectivity index is 2.07. The molecule has 0 bridgehead atoms. The Morgan fingerprint density at radius 1 is 1.08 bits per heavy atom. The second-order valence-electron chi connectivity index (χ2n) is 5.21. The van der Waals surface area contributed by atoms with Crippen LogP contribution in [0.5, 0.6) is 17.2 Å². The normalized spacial score (nSPS) is 10.3. The van der Waals surface area contributed by atoms with E-state index in [1.165, 1.54) is 39.5 Å². The number of halogens is 2. The summed E-state index contributed by atoms with van der Waals surface area (Å²) in [6, 6.07) is 7.54. The Hall–Kier alpha value is -2.47. The van der Waals surface area contributed by atoms with Gasteiger partial charge in [0.25, 0.3) is 0 Å². The number of aryl methyl sites for hydroxylation is 1. The third kappa shape index (κ3) is 4.76. The molecule has 2 aromatic carbocycles. The standard InChI is InChI=1S/C18H19ClFNO4/c1-23-15-8-11(9-16(24-2)18(15)25-3)4-7-17(22)21-14-10-12(19)5-6-13(14)20/h5-6,8-10H,4,7H2,1-3H3,(H,21,22). The van der Waals surface area contributed by atoms with Crippen molar-refractivity contribution in [3.8, 4) is 17.2 Å². The Bertz CT molecular complexity index is 742. The molecule has 0 saturated carbocycles. The van der Waals surface area contributed by atoms with Crippen molar-refractivity contribution in [2.45, 2.75) is 12.8 Å². The summed E-state index contributed by atoms with van der Waals surface area (Å²) >= 11 is 5.81. The monoisotopic (exact) mass is 367 g/mol. The first-order valence-corrected chi connectivity index (χ1v) is 7.90. The van der Waals surface area contributed by atoms with Crippen LogP contribution in [0, 0.1) is 5.82 Å². The van der Waals surface area contributed by atoms with E-state index in [-0.39, 0.29) is 18.0 Å². The number of carbonyl (C=O) groups excluding carboxylic acids is 1. The first kappa shape index (κ1) is 18.9. The molecular weight excluding hydrogens is 349 g/mol. The molecule has 0 fully saturated rings. The molecule has 1 amide bonds. The molecule has 0 aliphatic carbocycles. The molecule has 0 aromatic heterocycles. The lowest BCUT2D eigenvalue weighted by molar-refractivity contribution is -0.116. The smallest absolute Gasteiger partial charge is 0.224 e. The number of hydrogen-bond donors (Lipinski definition) is 1. The van der Waals surface area contributed by atoms with Gasteiger partial charge in [-0.25, -0.2) is 4.39 Å². The van der Waals surface area contributed by atoms with E-state index in [0.717, 1.165) is 5.56 Å². The van der Waals surface area contributed by atoms with Crippen molar-refractivity contribution in [2.75, 3.05) is 26.6 Å². The van der Waals surface area contributed by atoms with Gasteiger partial charge in [0.2, 0.25) is 11.7 Å². The second kappa shape index (κ2) is 8.58. The van der Waals surface area contributed by atoms with Gasteiger partial charge in [0.15, 0.2) is 11.5 Å². The number of anilines is 1. The first-order chi connectivity index (χ1) is 12.0. The minimum atomic E-state index is -0.537. The minimum Gasteiger partial charge on any atom is -0.493 e. The van der Waals surface area contributed by atoms with Gasteiger partial charge >= 0.3 is 0 Å². The maximum absolute atomic E-state index is 13.7. The van der Waals surface area contributed by atoms with Crippen molar-refractivity contribution in [1.29, 1.82) is 0 Å². The molecule has 25 heavy (non-hydrogen) atoms. The summed E-state index contributed by atoms with van der Waals surface area (Å²) in [4.78, 5) is 12.1. The predicted octanol–water partition coefficient (Wildman–Crippen LogP) is 4.08. The van der Waals surface area contributed by atoms with Crippen LogP contribution in [-0.2, 0) is 11.2 Å². The van der Waals surface area contributed by atoms with Crippen LogP contribution in [0.4, 0.5) is 10.1 Å². The summed E-state index contributed by atoms with van der Waals surface area (Å²) in [5, 5.41) is 2.86. The molecule has 7 heteroatoms. The Morgan fingerprint density at radius 3 is 2.28 bits per heavy atom. The molecular formula is C18H19ClFNO4. The van der Waals surface area contributed by atoms with E-state index in [2.05, 4.69) is 5.32 Å². The van der Waals surface area contributed by atoms with E-state index in [1.54, 1.807) is 12.1 Å². The second-order valence-corrected chi connectivity index (χ2v) is 5.64. The molecule has 1 N–H and O–H groups in total. The predicted molar refractivity (Wildman–Crippen MR) is 94.5 cm³/mol. The van der Waals surface area contributed by atoms with Gasteiger partial charge in [-0.3, -0.25) is 4.79 Å². The van der Waals surface area contributed by atoms with Gasteiger partial charge < -0.3 is 19.5 Å². The maximum Gasteiger partial charge on any atom is 0.224 e. The summed E-state index contributed by atoms with van der Waals surface area (Å²) in [5.41, 5.74) is 0.888. The van der Waals surface area contributed by atoms with Crippen LogP contribution in [0.15, 0.2) is 30.3 Å². The van der Waals surface area contributed by atoms with Gasteiger partial charge in [-0.05, 0) is 42.3 Å². The highest BCUT2D eigenvalue weighted by molar-refractivity contribution is 6.30. The molecule has 0 aliphatic rings. The fourth-order valence-electron chi connectivity index (χ4n) is 2.34. The van der Waals surface area contributed by atoms with Crippen molar-refractivity contribution < 1.29 is 23.4 Å². The quantitative estimate of drug-likeness (QED) is 0.801. The van der Waals surface area contributed by atoms with E-state index in [0.29, 0.717) is 28.7 Å². The van der Waals surface area contributed by atoms with Crippen LogP contribution >= 0.6 is 11.6 Å². The fraction of sp³-hybridized carbons (Fsp3) is 0.278. The number of rotatable bonds is 7. The van der Waals surface area contributed by atoms with Gasteiger partial charge in [-0.1, -0.05) is 11.6 Å². The van der Waals surface area contributed by atoms with E-state index >= 15 is 0 Å². The molecule has 2 aromatic rings. The van der Waals surface area contributed by atoms with Crippen molar-refractivity contribution in [1.82, 2.24) is 0 Å². The molecule has 2 rings (SSSR count). The third-order valence-electron chi connectivity index (χ3n) is 3.57. The Morgan fingerprint density at radius 2 is 1.72 bits per heavy atom. The van der Waals surface area contributed by atoms with Gasteiger partial charge in [-0.15, -0.1) is 0 Å². The van der Waals surface area contributed by atoms with Crippen molar-refractivity contribution in [3.63, 3.8) is 0 Å². The highest BCUT2D eigenvalue weighted by Gasteiger charge is 2.14. The lowest BCUT2D eigenvalue weighted by Crippen LogP contribution is -2.13. The van der Waals surface area contributed by atoms with Crippen LogP contribution in [0.2, 0.25) is 5.02 Å². The van der Waals surface area contributed by atoms with Crippen molar-refractivity contribution in [2.24, 2.45) is 0 Å². The van der Waals surface area contributed by atoms with Crippen molar-refractivity contribution >= 4 is 23.2 Å². The van der Waals surface area contributed by atoms with Crippen LogP contribution in [0.25, 0.3) is 0 Å². The largest absolute Gasteiger partial charge is 0.493 e. The SMILES string of the molecule is COc1cc(CCC(=O)Nc2cc(Cl)ccc2F)cc(OC)c1OC. The third-order valence-corrected chi connectivity index (χ3v) is 3.80. The lowest BCUT2D eigenvalue weighted by Gasteiger charge is -2.14. The minimum absolute atomic E-state index is 0.0578. The number of nitrogens with one attached hydrogen (secondary N) is 1. The maximum atomic E-state index is 13.7. The fourth-order valence-corrected chi connectivity index (χ4v) is 2.52. The zero-order valence-corrected chi connectivity index (χ0v) is 14.9. The molecule has 0 atom stereocenters. The summed E-state index contributed by atoms with van der Waals surface area (Å²) in [7, 11) is 4.57. The van der Waals surface area contributed by atoms with E-state index < -0.39 is 5.82 Å². The van der Waals surface area contributed by atoms with Gasteiger partial charge in [0.05, 0.1) is 27.0 Å². The summed E-state index contributed by atoms with van der Waals surface area (Å²) < 4.78 is 29.5. The van der Waals surface area contributed by atoms with Gasteiger partial charge in [-0.2, -0.15) is 0 Å². The summed E-state index contributed by atoms with van der Waals surface area (Å²) in [6.07, 6.45) is 0.579. The number of amides is 1. The van der Waals surface area contributed by atoms with Crippen LogP contribution in [0.1, 0.15) is 12.0 Å². The topological polar surface area (TPSA) is 56.8 Å². The highest BCUT2D eigenvalue weighted by atomic mass is 35.5. The molecule has 0 radical (unpaired) electrons. The number of carbonyl (C=O) groups is 1. The summed E-state index contributed by atoms with van der Waals surface area (Å²) in [6.45, 7) is 0. The number of ether oxygens (including phenoxy) is 3. The first-order valence-electron chi connectivity index (χ1n) is 7.52. The van der Waals surface area contributed by atoms with Gasteiger partial charge in [0.1, 0.15) is 5.82 Å². The van der Waals surface area contributed by atoms with Crippen molar-refractivity contribution in [3.05, 3.63) is 46.7 Å². The van der Waals surface area contributed by atoms with E-state index in [9.17, 15) is 9.18 Å². The molecule has 0 heterocycles. The van der Waals surface area contributed by atoms with E-state index in [4.69, 9.17) is 25.8 Å². The van der Waals surface area contributed by atoms with Crippen LogP contribution < -0.4 is 19.5 Å². The molecule has 134 valence electrons.